The van der Waals surface area contributed by atoms with Crippen molar-refractivity contribution in [2.24, 2.45) is 0 Å². The second-order valence-corrected chi connectivity index (χ2v) is 4.84. The molecule has 3 aromatic rings. The maximum Gasteiger partial charge on any atom is 0.342 e. The summed E-state index contributed by atoms with van der Waals surface area (Å²) in [4.78, 5) is 21.1. The standard InChI is InChI=1S/C13H10N4O2S/c18-13(19-8-10-7-14-9-20-10)11-3-1-4-15-12(11)17-6-2-5-16-17/h1-7,9H,8H2. The molecule has 0 aliphatic carbocycles. The van der Waals surface area contributed by atoms with Crippen LogP contribution in [0.3, 0.4) is 0 Å². The predicted octanol–water partition coefficient (Wildman–Crippen LogP) is 2.08. The number of hydrogen-bond acceptors (Lipinski definition) is 6. The van der Waals surface area contributed by atoms with Gasteiger partial charge in [0.2, 0.25) is 0 Å². The van der Waals surface area contributed by atoms with E-state index in [1.54, 1.807) is 48.5 Å². The average Bonchev–Trinajstić information content (AvgIpc) is 3.18. The Bertz CT molecular complexity index is 695. The lowest BCUT2D eigenvalue weighted by atomic mass is 10.2. The van der Waals surface area contributed by atoms with Crippen LogP contribution < -0.4 is 0 Å². The van der Waals surface area contributed by atoms with Gasteiger partial charge in [-0.2, -0.15) is 5.10 Å². The summed E-state index contributed by atoms with van der Waals surface area (Å²) in [7, 11) is 0. The molecule has 0 atom stereocenters. The van der Waals surface area contributed by atoms with E-state index in [2.05, 4.69) is 15.1 Å². The molecule has 0 aliphatic heterocycles. The minimum absolute atomic E-state index is 0.205. The van der Waals surface area contributed by atoms with Crippen molar-refractivity contribution in [1.29, 1.82) is 0 Å². The second kappa shape index (κ2) is 5.62. The molecule has 0 radical (unpaired) electrons. The summed E-state index contributed by atoms with van der Waals surface area (Å²) in [5.41, 5.74) is 2.07. The molecule has 0 aromatic carbocycles. The maximum absolute atomic E-state index is 12.1. The van der Waals surface area contributed by atoms with E-state index in [-0.39, 0.29) is 6.61 Å². The summed E-state index contributed by atoms with van der Waals surface area (Å²) >= 11 is 1.44. The van der Waals surface area contributed by atoms with Crippen molar-refractivity contribution in [2.45, 2.75) is 6.61 Å². The van der Waals surface area contributed by atoms with Crippen LogP contribution in [0, 0.1) is 0 Å². The molecule has 3 aromatic heterocycles. The zero-order valence-corrected chi connectivity index (χ0v) is 11.2. The van der Waals surface area contributed by atoms with Gasteiger partial charge in [0.05, 0.1) is 10.4 Å². The smallest absolute Gasteiger partial charge is 0.342 e. The van der Waals surface area contributed by atoms with E-state index in [1.807, 2.05) is 0 Å². The summed E-state index contributed by atoms with van der Waals surface area (Å²) in [6.45, 7) is 0.205. The van der Waals surface area contributed by atoms with E-state index in [1.165, 1.54) is 16.0 Å². The first-order chi connectivity index (χ1) is 9.84. The summed E-state index contributed by atoms with van der Waals surface area (Å²) in [5.74, 6) is 0.0174. The highest BCUT2D eigenvalue weighted by atomic mass is 32.1. The van der Waals surface area contributed by atoms with Gasteiger partial charge in [-0.3, -0.25) is 4.98 Å². The highest BCUT2D eigenvalue weighted by Gasteiger charge is 2.15. The van der Waals surface area contributed by atoms with Crippen molar-refractivity contribution in [3.8, 4) is 5.82 Å². The van der Waals surface area contributed by atoms with Crippen molar-refractivity contribution in [2.75, 3.05) is 0 Å². The van der Waals surface area contributed by atoms with Gasteiger partial charge in [-0.15, -0.1) is 11.3 Å². The van der Waals surface area contributed by atoms with Crippen LogP contribution in [0.4, 0.5) is 0 Å². The maximum atomic E-state index is 12.1. The number of nitrogens with zero attached hydrogens (tertiary/aromatic N) is 4. The Hall–Kier alpha value is -2.54. The molecule has 3 heterocycles. The first-order valence-corrected chi connectivity index (χ1v) is 6.72. The molecule has 0 N–H and O–H groups in total. The van der Waals surface area contributed by atoms with Crippen LogP contribution in [-0.2, 0) is 11.3 Å². The number of carbonyl (C=O) groups excluding carboxylic acids is 1. The highest BCUT2D eigenvalue weighted by Crippen LogP contribution is 2.14. The van der Waals surface area contributed by atoms with E-state index < -0.39 is 5.97 Å². The molecule has 0 spiro atoms. The predicted molar refractivity (Wildman–Crippen MR) is 72.6 cm³/mol. The lowest BCUT2D eigenvalue weighted by Crippen LogP contribution is -2.11. The summed E-state index contributed by atoms with van der Waals surface area (Å²) < 4.78 is 6.79. The fourth-order valence-corrected chi connectivity index (χ4v) is 2.17. The topological polar surface area (TPSA) is 69.9 Å². The van der Waals surface area contributed by atoms with Crippen LogP contribution in [0.5, 0.6) is 0 Å². The van der Waals surface area contributed by atoms with Gasteiger partial charge in [-0.1, -0.05) is 0 Å². The van der Waals surface area contributed by atoms with E-state index in [4.69, 9.17) is 4.74 Å². The van der Waals surface area contributed by atoms with Crippen LogP contribution in [0.15, 0.2) is 48.5 Å². The van der Waals surface area contributed by atoms with Crippen LogP contribution in [0.1, 0.15) is 15.2 Å². The van der Waals surface area contributed by atoms with Gasteiger partial charge in [-0.05, 0) is 18.2 Å². The highest BCUT2D eigenvalue weighted by molar-refractivity contribution is 7.09. The van der Waals surface area contributed by atoms with Crippen LogP contribution >= 0.6 is 11.3 Å². The number of hydrogen-bond donors (Lipinski definition) is 0. The van der Waals surface area contributed by atoms with Gasteiger partial charge in [-0.25, -0.2) is 14.5 Å². The average molecular weight is 286 g/mol. The Morgan fingerprint density at radius 2 is 2.30 bits per heavy atom. The molecule has 20 heavy (non-hydrogen) atoms. The van der Waals surface area contributed by atoms with Gasteiger partial charge in [0.15, 0.2) is 5.82 Å². The van der Waals surface area contributed by atoms with E-state index in [9.17, 15) is 4.79 Å². The first-order valence-electron chi connectivity index (χ1n) is 5.84. The molecular weight excluding hydrogens is 276 g/mol. The van der Waals surface area contributed by atoms with E-state index in [0.29, 0.717) is 11.4 Å². The Morgan fingerprint density at radius 1 is 1.35 bits per heavy atom. The van der Waals surface area contributed by atoms with Crippen molar-refractivity contribution in [3.05, 3.63) is 58.9 Å². The Balaban J connectivity index is 1.81. The van der Waals surface area contributed by atoms with Gasteiger partial charge in [0, 0.05) is 24.8 Å². The lowest BCUT2D eigenvalue weighted by Gasteiger charge is -2.07. The minimum atomic E-state index is -0.433. The largest absolute Gasteiger partial charge is 0.456 e. The molecule has 0 aliphatic rings. The summed E-state index contributed by atoms with van der Waals surface area (Å²) in [5, 5.41) is 4.08. The minimum Gasteiger partial charge on any atom is -0.456 e. The van der Waals surface area contributed by atoms with Crippen LogP contribution in [0.25, 0.3) is 5.82 Å². The van der Waals surface area contributed by atoms with Crippen LogP contribution in [0.2, 0.25) is 0 Å². The number of thiazole rings is 1. The van der Waals surface area contributed by atoms with Gasteiger partial charge in [0.25, 0.3) is 0 Å². The second-order valence-electron chi connectivity index (χ2n) is 3.87. The van der Waals surface area contributed by atoms with Gasteiger partial charge < -0.3 is 4.74 Å². The molecule has 0 unspecified atom stereocenters. The molecule has 0 saturated carbocycles. The van der Waals surface area contributed by atoms with Crippen molar-refractivity contribution >= 4 is 17.3 Å². The van der Waals surface area contributed by atoms with Gasteiger partial charge >= 0.3 is 5.97 Å². The Kier molecular flexibility index (Phi) is 3.51. The number of carbonyl (C=O) groups is 1. The van der Waals surface area contributed by atoms with Crippen molar-refractivity contribution in [3.63, 3.8) is 0 Å². The fourth-order valence-electron chi connectivity index (χ4n) is 1.66. The third-order valence-corrected chi connectivity index (χ3v) is 3.31. The third kappa shape index (κ3) is 2.57. The van der Waals surface area contributed by atoms with Crippen molar-refractivity contribution in [1.82, 2.24) is 19.7 Å². The molecule has 3 rings (SSSR count). The quantitative estimate of drug-likeness (QED) is 0.687. The molecule has 0 bridgehead atoms. The number of aromatic nitrogens is 4. The number of pyridine rings is 1. The summed E-state index contributed by atoms with van der Waals surface area (Å²) in [6, 6.07) is 5.12. The molecule has 6 nitrogen and oxygen atoms in total. The molecule has 0 fully saturated rings. The number of ether oxygens (including phenoxy) is 1. The normalized spacial score (nSPS) is 10.4. The summed E-state index contributed by atoms with van der Waals surface area (Å²) in [6.07, 6.45) is 6.63. The van der Waals surface area contributed by atoms with E-state index in [0.717, 1.165) is 4.88 Å². The zero-order chi connectivity index (χ0) is 13.8. The third-order valence-electron chi connectivity index (χ3n) is 2.56. The Labute approximate surface area is 118 Å². The molecule has 0 saturated heterocycles. The molecule has 100 valence electrons. The zero-order valence-electron chi connectivity index (χ0n) is 10.3. The lowest BCUT2D eigenvalue weighted by molar-refractivity contribution is 0.0476. The SMILES string of the molecule is O=C(OCc1cncs1)c1cccnc1-n1cccn1. The van der Waals surface area contributed by atoms with E-state index >= 15 is 0 Å². The number of rotatable bonds is 4. The van der Waals surface area contributed by atoms with Gasteiger partial charge in [0.1, 0.15) is 12.2 Å². The fraction of sp³-hybridized carbons (Fsp3) is 0.0769. The monoisotopic (exact) mass is 286 g/mol. The molecule has 7 heteroatoms. The van der Waals surface area contributed by atoms with Crippen molar-refractivity contribution < 1.29 is 9.53 Å². The molecular formula is C13H10N4O2S. The Morgan fingerprint density at radius 3 is 3.05 bits per heavy atom. The van der Waals surface area contributed by atoms with Crippen LogP contribution in [-0.4, -0.2) is 25.7 Å². The molecule has 0 amide bonds. The number of esters is 1. The first kappa shape index (κ1) is 12.5.